The summed E-state index contributed by atoms with van der Waals surface area (Å²) >= 11 is 4.85. The molecule has 3 N–H and O–H groups in total. The first-order chi connectivity index (χ1) is 8.91. The Kier molecular flexibility index (Phi) is 4.23. The number of nitrogens with two attached hydrogens (primary N) is 1. The molecule has 1 fully saturated rings. The molecule has 0 saturated heterocycles. The van der Waals surface area contributed by atoms with Gasteiger partial charge in [0.1, 0.15) is 4.99 Å². The number of hydrogen-bond donors (Lipinski definition) is 2. The molecule has 0 bridgehead atoms. The normalized spacial score (nSPS) is 22.2. The maximum atomic E-state index is 12.0. The monoisotopic (exact) mass is 298 g/mol. The predicted molar refractivity (Wildman–Crippen MR) is 80.3 cm³/mol. The highest BCUT2D eigenvalue weighted by atomic mass is 32.2. The molecule has 1 aliphatic carbocycles. The van der Waals surface area contributed by atoms with E-state index in [2.05, 4.69) is 11.6 Å². The van der Waals surface area contributed by atoms with Crippen molar-refractivity contribution in [2.45, 2.75) is 31.6 Å². The van der Waals surface area contributed by atoms with Crippen LogP contribution in [0, 0.1) is 5.92 Å². The summed E-state index contributed by atoms with van der Waals surface area (Å²) in [4.78, 5) is 0.316. The Bertz CT molecular complexity index is 567. The smallest absolute Gasteiger partial charge is 0.216 e. The molecule has 0 aromatic heterocycles. The Hall–Kier alpha value is -0.980. The van der Waals surface area contributed by atoms with Crippen LogP contribution in [0.25, 0.3) is 0 Å². The Morgan fingerprint density at radius 2 is 2.05 bits per heavy atom. The summed E-state index contributed by atoms with van der Waals surface area (Å²) in [6.07, 6.45) is 1.98. The molecule has 0 spiro atoms. The highest BCUT2D eigenvalue weighted by Gasteiger charge is 2.38. The highest BCUT2D eigenvalue weighted by molar-refractivity contribution is 7.88. The van der Waals surface area contributed by atoms with Gasteiger partial charge in [0.25, 0.3) is 0 Å². The number of benzene rings is 1. The summed E-state index contributed by atoms with van der Waals surface area (Å²) in [6, 6.07) is 7.12. The van der Waals surface area contributed by atoms with E-state index < -0.39 is 10.0 Å². The van der Waals surface area contributed by atoms with Crippen molar-refractivity contribution < 1.29 is 8.42 Å². The first kappa shape index (κ1) is 14.4. The Balaban J connectivity index is 1.98. The molecule has 104 valence electrons. The Labute approximate surface area is 119 Å². The van der Waals surface area contributed by atoms with E-state index in [0.29, 0.717) is 10.9 Å². The lowest BCUT2D eigenvalue weighted by atomic mass is 10.1. The molecule has 0 aliphatic heterocycles. The van der Waals surface area contributed by atoms with Gasteiger partial charge in [-0.25, -0.2) is 13.1 Å². The van der Waals surface area contributed by atoms with Crippen LogP contribution < -0.4 is 10.5 Å². The molecule has 1 aromatic rings. The second-order valence-corrected chi connectivity index (χ2v) is 7.14. The second kappa shape index (κ2) is 5.56. The van der Waals surface area contributed by atoms with Crippen molar-refractivity contribution in [2.75, 3.05) is 0 Å². The predicted octanol–water partition coefficient (Wildman–Crippen LogP) is 1.54. The molecule has 6 heteroatoms. The summed E-state index contributed by atoms with van der Waals surface area (Å²) in [5.41, 5.74) is 6.98. The number of nitrogens with one attached hydrogen (secondary N) is 1. The minimum absolute atomic E-state index is 0.00243. The van der Waals surface area contributed by atoms with Gasteiger partial charge in [0.2, 0.25) is 10.0 Å². The van der Waals surface area contributed by atoms with E-state index >= 15 is 0 Å². The first-order valence-electron chi connectivity index (χ1n) is 6.30. The largest absolute Gasteiger partial charge is 0.389 e. The lowest BCUT2D eigenvalue weighted by Crippen LogP contribution is -2.28. The van der Waals surface area contributed by atoms with Crippen LogP contribution in [0.2, 0.25) is 0 Å². The van der Waals surface area contributed by atoms with Crippen molar-refractivity contribution in [1.29, 1.82) is 0 Å². The van der Waals surface area contributed by atoms with Crippen molar-refractivity contribution in [1.82, 2.24) is 4.72 Å². The van der Waals surface area contributed by atoms with E-state index in [-0.39, 0.29) is 11.8 Å². The van der Waals surface area contributed by atoms with Gasteiger partial charge in [-0.1, -0.05) is 49.8 Å². The van der Waals surface area contributed by atoms with Crippen LogP contribution in [0.1, 0.15) is 30.9 Å². The second-order valence-electron chi connectivity index (χ2n) is 4.95. The van der Waals surface area contributed by atoms with Crippen molar-refractivity contribution in [3.8, 4) is 0 Å². The third-order valence-electron chi connectivity index (χ3n) is 3.37. The third-order valence-corrected chi connectivity index (χ3v) is 4.98. The number of hydrogen-bond acceptors (Lipinski definition) is 3. The molecule has 0 radical (unpaired) electrons. The average molecular weight is 298 g/mol. The first-order valence-corrected chi connectivity index (χ1v) is 8.36. The Morgan fingerprint density at radius 1 is 1.42 bits per heavy atom. The molecule has 1 aromatic carbocycles. The van der Waals surface area contributed by atoms with Gasteiger partial charge in [-0.3, -0.25) is 0 Å². The van der Waals surface area contributed by atoms with E-state index in [4.69, 9.17) is 18.0 Å². The standard InChI is InChI=1S/C13H18N2O2S2/c1-2-10-7-12(10)15-19(16,17)8-9-3-5-11(6-4-9)13(14)18/h3-6,10,12,15H,2,7-8H2,1H3,(H2,14,18). The zero-order valence-electron chi connectivity index (χ0n) is 10.8. The van der Waals surface area contributed by atoms with E-state index in [0.717, 1.165) is 24.0 Å². The molecule has 1 saturated carbocycles. The van der Waals surface area contributed by atoms with Crippen LogP contribution in [0.5, 0.6) is 0 Å². The van der Waals surface area contributed by atoms with Crippen molar-refractivity contribution in [2.24, 2.45) is 11.7 Å². The van der Waals surface area contributed by atoms with Crippen LogP contribution in [-0.4, -0.2) is 19.4 Å². The lowest BCUT2D eigenvalue weighted by Gasteiger charge is -2.07. The maximum absolute atomic E-state index is 12.0. The molecule has 4 nitrogen and oxygen atoms in total. The fraction of sp³-hybridized carbons (Fsp3) is 0.462. The van der Waals surface area contributed by atoms with Gasteiger partial charge in [0.15, 0.2) is 0 Å². The molecule has 2 unspecified atom stereocenters. The van der Waals surface area contributed by atoms with Crippen molar-refractivity contribution in [3.05, 3.63) is 35.4 Å². The molecule has 0 heterocycles. The summed E-state index contributed by atoms with van der Waals surface area (Å²) in [6.45, 7) is 2.08. The molecule has 2 atom stereocenters. The van der Waals surface area contributed by atoms with E-state index in [1.165, 1.54) is 0 Å². The number of thiocarbonyl (C=S) groups is 1. The van der Waals surface area contributed by atoms with Crippen LogP contribution >= 0.6 is 12.2 Å². The summed E-state index contributed by atoms with van der Waals surface area (Å²) in [5, 5.41) is 0. The molecule has 0 amide bonds. The van der Waals surface area contributed by atoms with Gasteiger partial charge in [0, 0.05) is 11.6 Å². The summed E-state index contributed by atoms with van der Waals surface area (Å²) in [5.74, 6) is 0.504. The fourth-order valence-electron chi connectivity index (χ4n) is 2.10. The molecular formula is C13H18N2O2S2. The van der Waals surface area contributed by atoms with Gasteiger partial charge in [-0.2, -0.15) is 0 Å². The maximum Gasteiger partial charge on any atom is 0.216 e. The van der Waals surface area contributed by atoms with E-state index in [9.17, 15) is 8.42 Å². The lowest BCUT2D eigenvalue weighted by molar-refractivity contribution is 0.575. The van der Waals surface area contributed by atoms with Gasteiger partial charge >= 0.3 is 0 Å². The third kappa shape index (κ3) is 3.99. The van der Waals surface area contributed by atoms with E-state index in [1.54, 1.807) is 24.3 Å². The van der Waals surface area contributed by atoms with Gasteiger partial charge in [-0.15, -0.1) is 0 Å². The number of sulfonamides is 1. The molecular weight excluding hydrogens is 280 g/mol. The average Bonchev–Trinajstić information content (AvgIpc) is 3.06. The molecule has 1 aliphatic rings. The minimum atomic E-state index is -3.26. The summed E-state index contributed by atoms with van der Waals surface area (Å²) < 4.78 is 26.7. The molecule has 19 heavy (non-hydrogen) atoms. The fourth-order valence-corrected chi connectivity index (χ4v) is 3.70. The van der Waals surface area contributed by atoms with Gasteiger partial charge in [-0.05, 0) is 17.9 Å². The highest BCUT2D eigenvalue weighted by Crippen LogP contribution is 2.33. The van der Waals surface area contributed by atoms with Crippen molar-refractivity contribution >= 4 is 27.2 Å². The SMILES string of the molecule is CCC1CC1NS(=O)(=O)Cc1ccc(C(N)=S)cc1. The zero-order valence-corrected chi connectivity index (χ0v) is 12.4. The van der Waals surface area contributed by atoms with Crippen LogP contribution in [0.4, 0.5) is 0 Å². The number of rotatable bonds is 6. The Morgan fingerprint density at radius 3 is 2.53 bits per heavy atom. The van der Waals surface area contributed by atoms with E-state index in [1.807, 2.05) is 0 Å². The van der Waals surface area contributed by atoms with Crippen LogP contribution in [-0.2, 0) is 15.8 Å². The quantitative estimate of drug-likeness (QED) is 0.781. The molecule has 2 rings (SSSR count). The summed E-state index contributed by atoms with van der Waals surface area (Å²) in [7, 11) is -3.26. The topological polar surface area (TPSA) is 72.2 Å². The van der Waals surface area contributed by atoms with Gasteiger partial charge in [0.05, 0.1) is 5.75 Å². The van der Waals surface area contributed by atoms with Crippen LogP contribution in [0.15, 0.2) is 24.3 Å². The zero-order chi connectivity index (χ0) is 14.0. The minimum Gasteiger partial charge on any atom is -0.389 e. The van der Waals surface area contributed by atoms with Crippen molar-refractivity contribution in [3.63, 3.8) is 0 Å². The van der Waals surface area contributed by atoms with Gasteiger partial charge < -0.3 is 5.73 Å². The van der Waals surface area contributed by atoms with Crippen LogP contribution in [0.3, 0.4) is 0 Å².